The van der Waals surface area contributed by atoms with Gasteiger partial charge in [-0.15, -0.1) is 0 Å². The molecule has 2 aromatic carbocycles. The Bertz CT molecular complexity index is 496. The Morgan fingerprint density at radius 2 is 1.56 bits per heavy atom. The van der Waals surface area contributed by atoms with Gasteiger partial charge in [0.25, 0.3) is 0 Å². The zero-order chi connectivity index (χ0) is 12.8. The van der Waals surface area contributed by atoms with Crippen molar-refractivity contribution in [2.75, 3.05) is 7.11 Å². The van der Waals surface area contributed by atoms with E-state index in [1.165, 1.54) is 0 Å². The number of hydrogen-bond acceptors (Lipinski definition) is 2. The Morgan fingerprint density at radius 1 is 1.00 bits per heavy atom. The normalized spacial score (nSPS) is 12.6. The maximum absolute atomic E-state index is 12.4. The van der Waals surface area contributed by atoms with E-state index in [-0.39, 0.29) is 6.10 Å². The average Bonchev–Trinajstić information content (AvgIpc) is 2.46. The van der Waals surface area contributed by atoms with Crippen LogP contribution in [0.5, 0.6) is 0 Å². The van der Waals surface area contributed by atoms with Gasteiger partial charge in [-0.05, 0) is 0 Å². The van der Waals surface area contributed by atoms with Crippen LogP contribution < -0.4 is 3.61 Å². The molecule has 2 nitrogen and oxygen atoms in total. The second-order valence-corrected chi connectivity index (χ2v) is 8.23. The summed E-state index contributed by atoms with van der Waals surface area (Å²) >= 11 is -2.50. The number of ether oxygens (including phenoxy) is 1. The van der Waals surface area contributed by atoms with Crippen molar-refractivity contribution in [2.45, 2.75) is 10.6 Å². The zero-order valence-electron chi connectivity index (χ0n) is 10.3. The Morgan fingerprint density at radius 3 is 2.11 bits per heavy atom. The molecule has 18 heavy (non-hydrogen) atoms. The van der Waals surface area contributed by atoms with Crippen LogP contribution in [0, 0.1) is 0 Å². The van der Waals surface area contributed by atoms with Gasteiger partial charge in [-0.25, -0.2) is 0 Å². The van der Waals surface area contributed by atoms with Gasteiger partial charge in [0.2, 0.25) is 0 Å². The fraction of sp³-hybridized carbons (Fsp3) is 0.200. The first-order valence-corrected chi connectivity index (χ1v) is 9.59. The predicted molar refractivity (Wildman–Crippen MR) is 73.5 cm³/mol. The van der Waals surface area contributed by atoms with Gasteiger partial charge in [0.05, 0.1) is 0 Å². The van der Waals surface area contributed by atoms with Crippen molar-refractivity contribution in [1.29, 1.82) is 0 Å². The summed E-state index contributed by atoms with van der Waals surface area (Å²) in [6, 6.07) is 19.7. The van der Waals surface area contributed by atoms with Crippen LogP contribution in [-0.4, -0.2) is 26.6 Å². The first-order valence-electron chi connectivity index (χ1n) is 5.82. The van der Waals surface area contributed by atoms with Crippen LogP contribution in [0.4, 0.5) is 0 Å². The Kier molecular flexibility index (Phi) is 5.07. The summed E-state index contributed by atoms with van der Waals surface area (Å²) in [5.74, 6) is 0. The van der Waals surface area contributed by atoms with E-state index in [0.717, 1.165) is 9.17 Å². The van der Waals surface area contributed by atoms with E-state index < -0.39 is 19.5 Å². The van der Waals surface area contributed by atoms with Gasteiger partial charge >= 0.3 is 115 Å². The first-order chi connectivity index (χ1) is 8.81. The summed E-state index contributed by atoms with van der Waals surface area (Å²) in [5.41, 5.74) is 1.10. The molecule has 1 unspecified atom stereocenters. The van der Waals surface area contributed by atoms with E-state index in [1.807, 2.05) is 60.7 Å². The topological polar surface area (TPSA) is 26.3 Å². The second-order valence-electron chi connectivity index (χ2n) is 3.96. The van der Waals surface area contributed by atoms with Gasteiger partial charge in [0.1, 0.15) is 0 Å². The summed E-state index contributed by atoms with van der Waals surface area (Å²) in [7, 11) is 1.68. The van der Waals surface area contributed by atoms with Crippen LogP contribution >= 0.6 is 0 Å². The zero-order valence-corrected chi connectivity index (χ0v) is 12.6. The summed E-state index contributed by atoms with van der Waals surface area (Å²) in [4.78, 5) is 0. The van der Waals surface area contributed by atoms with Crippen molar-refractivity contribution in [2.24, 2.45) is 0 Å². The molecule has 2 rings (SSSR count). The first kappa shape index (κ1) is 13.4. The van der Waals surface area contributed by atoms with E-state index in [2.05, 4.69) is 0 Å². The Balaban J connectivity index is 2.10. The summed E-state index contributed by atoms with van der Waals surface area (Å²) in [6.45, 7) is 0. The standard InChI is InChI=1S/C15H16O2Te/c1-17-15(13-8-4-2-5-9-13)12-18(16)14-10-6-3-7-11-14/h2-11,15H,12H2,1H3. The molecule has 0 aliphatic rings. The van der Waals surface area contributed by atoms with Crippen molar-refractivity contribution in [1.82, 2.24) is 0 Å². The fourth-order valence-electron chi connectivity index (χ4n) is 1.77. The molecule has 0 saturated carbocycles. The van der Waals surface area contributed by atoms with Crippen molar-refractivity contribution in [3.05, 3.63) is 66.2 Å². The average molecular weight is 356 g/mol. The molecular formula is C15H16O2Te. The molecule has 0 heterocycles. The molecule has 0 fully saturated rings. The number of methoxy groups -OCH3 is 1. The van der Waals surface area contributed by atoms with Gasteiger partial charge < -0.3 is 0 Å². The molecule has 2 aromatic rings. The third-order valence-corrected chi connectivity index (χ3v) is 6.77. The predicted octanol–water partition coefficient (Wildman–Crippen LogP) is 2.70. The van der Waals surface area contributed by atoms with Crippen molar-refractivity contribution in [3.63, 3.8) is 0 Å². The van der Waals surface area contributed by atoms with Gasteiger partial charge in [-0.3, -0.25) is 0 Å². The summed E-state index contributed by atoms with van der Waals surface area (Å²) in [6.07, 6.45) is -0.0690. The van der Waals surface area contributed by atoms with Crippen LogP contribution in [-0.2, 0) is 7.84 Å². The molecule has 1 atom stereocenters. The SMILES string of the molecule is COC(C[Te](=O)c1ccccc1)c1ccccc1. The molecule has 0 aromatic heterocycles. The second kappa shape index (κ2) is 6.80. The van der Waals surface area contributed by atoms with Crippen LogP contribution in [0.15, 0.2) is 60.7 Å². The van der Waals surface area contributed by atoms with Crippen LogP contribution in [0.2, 0.25) is 4.47 Å². The number of rotatable bonds is 5. The molecular weight excluding hydrogens is 340 g/mol. The molecule has 0 bridgehead atoms. The van der Waals surface area contributed by atoms with E-state index in [9.17, 15) is 3.10 Å². The molecule has 0 spiro atoms. The Hall–Kier alpha value is -1.01. The molecule has 0 saturated heterocycles. The summed E-state index contributed by atoms with van der Waals surface area (Å²) in [5, 5.41) is 0. The van der Waals surface area contributed by atoms with Crippen LogP contribution in [0.25, 0.3) is 0 Å². The third kappa shape index (κ3) is 3.49. The van der Waals surface area contributed by atoms with Gasteiger partial charge in [-0.2, -0.15) is 0 Å². The van der Waals surface area contributed by atoms with Crippen molar-refractivity contribution in [3.8, 4) is 0 Å². The summed E-state index contributed by atoms with van der Waals surface area (Å²) < 4.78 is 19.4. The number of benzene rings is 2. The monoisotopic (exact) mass is 358 g/mol. The third-order valence-electron chi connectivity index (χ3n) is 2.76. The van der Waals surface area contributed by atoms with Gasteiger partial charge in [-0.1, -0.05) is 0 Å². The Labute approximate surface area is 115 Å². The van der Waals surface area contributed by atoms with E-state index in [0.29, 0.717) is 4.47 Å². The quantitative estimate of drug-likeness (QED) is 0.771. The van der Waals surface area contributed by atoms with Gasteiger partial charge in [0.15, 0.2) is 0 Å². The fourth-order valence-corrected chi connectivity index (χ4v) is 5.36. The molecule has 0 radical (unpaired) electrons. The van der Waals surface area contributed by atoms with E-state index in [4.69, 9.17) is 4.74 Å². The van der Waals surface area contributed by atoms with E-state index >= 15 is 0 Å². The van der Waals surface area contributed by atoms with Crippen molar-refractivity contribution < 1.29 is 7.84 Å². The molecule has 0 amide bonds. The molecule has 3 heteroatoms. The maximum atomic E-state index is 12.4. The molecule has 94 valence electrons. The molecule has 0 aliphatic carbocycles. The van der Waals surface area contributed by atoms with Gasteiger partial charge in [0, 0.05) is 0 Å². The van der Waals surface area contributed by atoms with Crippen LogP contribution in [0.3, 0.4) is 0 Å². The van der Waals surface area contributed by atoms with E-state index in [1.54, 1.807) is 7.11 Å². The minimum atomic E-state index is -2.50. The number of hydrogen-bond donors (Lipinski definition) is 0. The van der Waals surface area contributed by atoms with Crippen molar-refractivity contribution >= 4 is 23.1 Å². The molecule has 0 N–H and O–H groups in total. The minimum absolute atomic E-state index is 0.0690. The molecule has 0 aliphatic heterocycles. The van der Waals surface area contributed by atoms with Crippen LogP contribution in [0.1, 0.15) is 11.7 Å².